The fraction of sp³-hybridized carbons (Fsp3) is 0.222. The smallest absolute Gasteiger partial charge is 0.343 e. The van der Waals surface area contributed by atoms with Crippen LogP contribution in [0.3, 0.4) is 0 Å². The van der Waals surface area contributed by atoms with Crippen LogP contribution in [0.15, 0.2) is 36.5 Å². The molecule has 2 aromatic heterocycles. The Hall–Kier alpha value is -3.13. The number of ether oxygens (including phenoxy) is 1. The number of esters is 1. The van der Waals surface area contributed by atoms with Gasteiger partial charge in [-0.25, -0.2) is 9.48 Å². The molecule has 2 heterocycles. The number of halogens is 1. The molecular weight excluding hydrogens is 370 g/mol. The van der Waals surface area contributed by atoms with Gasteiger partial charge in [0, 0.05) is 7.05 Å². The number of aryl methyl sites for hydroxylation is 1. The highest BCUT2D eigenvalue weighted by Gasteiger charge is 2.25. The lowest BCUT2D eigenvalue weighted by Gasteiger charge is -2.10. The molecule has 0 aliphatic carbocycles. The van der Waals surface area contributed by atoms with E-state index in [1.807, 2.05) is 18.2 Å². The molecule has 0 spiro atoms. The highest BCUT2D eigenvalue weighted by molar-refractivity contribution is 6.34. The van der Waals surface area contributed by atoms with E-state index in [4.69, 9.17) is 16.3 Å². The molecule has 1 amide bonds. The predicted octanol–water partition coefficient (Wildman–Crippen LogP) is 3.00. The average molecular weight is 388 g/mol. The quantitative estimate of drug-likeness (QED) is 0.679. The van der Waals surface area contributed by atoms with Crippen molar-refractivity contribution in [3.8, 4) is 5.69 Å². The van der Waals surface area contributed by atoms with Gasteiger partial charge in [0.1, 0.15) is 5.56 Å². The Morgan fingerprint density at radius 2 is 1.96 bits per heavy atom. The number of benzene rings is 1. The Labute approximate surface area is 160 Å². The van der Waals surface area contributed by atoms with Crippen LogP contribution in [0, 0.1) is 6.92 Å². The molecule has 0 saturated heterocycles. The summed E-state index contributed by atoms with van der Waals surface area (Å²) >= 11 is 6.20. The van der Waals surface area contributed by atoms with Crippen molar-refractivity contribution in [3.05, 3.63) is 58.5 Å². The lowest BCUT2D eigenvalue weighted by Crippen LogP contribution is -2.19. The summed E-state index contributed by atoms with van der Waals surface area (Å²) in [5.74, 6) is -0.950. The molecule has 0 aliphatic heterocycles. The summed E-state index contributed by atoms with van der Waals surface area (Å²) in [6.07, 6.45) is 1.35. The van der Waals surface area contributed by atoms with Crippen LogP contribution in [-0.2, 0) is 11.8 Å². The van der Waals surface area contributed by atoms with Crippen LogP contribution < -0.4 is 5.32 Å². The van der Waals surface area contributed by atoms with E-state index in [1.54, 1.807) is 33.0 Å². The average Bonchev–Trinajstić information content (AvgIpc) is 3.19. The third kappa shape index (κ3) is 3.56. The van der Waals surface area contributed by atoms with Crippen LogP contribution in [0.5, 0.6) is 0 Å². The highest BCUT2D eigenvalue weighted by Crippen LogP contribution is 2.24. The second-order valence-electron chi connectivity index (χ2n) is 5.70. The number of carbonyl (C=O) groups is 2. The lowest BCUT2D eigenvalue weighted by molar-refractivity contribution is 0.0527. The van der Waals surface area contributed by atoms with Gasteiger partial charge in [0.2, 0.25) is 0 Å². The van der Waals surface area contributed by atoms with Crippen molar-refractivity contribution in [1.29, 1.82) is 0 Å². The minimum absolute atomic E-state index is 0.0623. The fourth-order valence-electron chi connectivity index (χ4n) is 2.49. The van der Waals surface area contributed by atoms with Gasteiger partial charge in [0.25, 0.3) is 5.91 Å². The van der Waals surface area contributed by atoms with Crippen LogP contribution in [0.1, 0.15) is 33.5 Å². The minimum Gasteiger partial charge on any atom is -0.462 e. The second kappa shape index (κ2) is 7.63. The molecule has 0 radical (unpaired) electrons. The van der Waals surface area contributed by atoms with E-state index in [2.05, 4.69) is 15.5 Å². The molecule has 9 heteroatoms. The third-order valence-corrected chi connectivity index (χ3v) is 4.43. The van der Waals surface area contributed by atoms with Crippen LogP contribution in [0.4, 0.5) is 5.82 Å². The molecule has 3 aromatic rings. The molecule has 1 aromatic carbocycles. The Kier molecular flexibility index (Phi) is 5.27. The van der Waals surface area contributed by atoms with E-state index < -0.39 is 11.9 Å². The molecule has 0 aliphatic rings. The number of anilines is 1. The number of hydrogen-bond acceptors (Lipinski definition) is 5. The zero-order valence-corrected chi connectivity index (χ0v) is 15.8. The number of rotatable bonds is 5. The van der Waals surface area contributed by atoms with E-state index in [1.165, 1.54) is 15.6 Å². The first-order valence-electron chi connectivity index (χ1n) is 8.25. The predicted molar refractivity (Wildman–Crippen MR) is 100 cm³/mol. The van der Waals surface area contributed by atoms with Crippen molar-refractivity contribution in [2.45, 2.75) is 13.8 Å². The van der Waals surface area contributed by atoms with E-state index >= 15 is 0 Å². The molecule has 0 bridgehead atoms. The summed E-state index contributed by atoms with van der Waals surface area (Å²) in [6.45, 7) is 3.66. The van der Waals surface area contributed by atoms with E-state index in [-0.39, 0.29) is 28.7 Å². The van der Waals surface area contributed by atoms with Gasteiger partial charge in [-0.05, 0) is 26.0 Å². The molecule has 1 N–H and O–H groups in total. The number of nitrogens with zero attached hydrogens (tertiary/aromatic N) is 4. The Morgan fingerprint density at radius 3 is 2.56 bits per heavy atom. The number of carbonyl (C=O) groups excluding carboxylic acids is 2. The lowest BCUT2D eigenvalue weighted by atomic mass is 10.3. The number of hydrogen-bond donors (Lipinski definition) is 1. The first kappa shape index (κ1) is 18.7. The van der Waals surface area contributed by atoms with Gasteiger partial charge >= 0.3 is 5.97 Å². The van der Waals surface area contributed by atoms with Gasteiger partial charge in [0.05, 0.1) is 29.2 Å². The molecule has 0 atom stereocenters. The number of amides is 1. The summed E-state index contributed by atoms with van der Waals surface area (Å²) in [7, 11) is 1.69. The van der Waals surface area contributed by atoms with Crippen molar-refractivity contribution < 1.29 is 14.3 Å². The van der Waals surface area contributed by atoms with Crippen LogP contribution in [-0.4, -0.2) is 38.0 Å². The summed E-state index contributed by atoms with van der Waals surface area (Å²) in [5, 5.41) is 11.3. The molecule has 8 nitrogen and oxygen atoms in total. The van der Waals surface area contributed by atoms with Gasteiger partial charge in [-0.15, -0.1) is 0 Å². The van der Waals surface area contributed by atoms with Gasteiger partial charge < -0.3 is 10.1 Å². The van der Waals surface area contributed by atoms with Crippen LogP contribution in [0.25, 0.3) is 5.69 Å². The van der Waals surface area contributed by atoms with Crippen molar-refractivity contribution in [2.24, 2.45) is 7.05 Å². The van der Waals surface area contributed by atoms with Gasteiger partial charge in [-0.1, -0.05) is 29.8 Å². The van der Waals surface area contributed by atoms with Gasteiger partial charge in [-0.3, -0.25) is 9.48 Å². The molecule has 140 valence electrons. The molecular formula is C18H18ClN5O3. The fourth-order valence-corrected chi connectivity index (χ4v) is 2.73. The van der Waals surface area contributed by atoms with Crippen LogP contribution in [0.2, 0.25) is 5.02 Å². The normalized spacial score (nSPS) is 10.7. The molecule has 0 fully saturated rings. The van der Waals surface area contributed by atoms with E-state index in [0.717, 1.165) is 0 Å². The second-order valence-corrected chi connectivity index (χ2v) is 6.08. The monoisotopic (exact) mass is 387 g/mol. The van der Waals surface area contributed by atoms with Crippen molar-refractivity contribution >= 4 is 29.3 Å². The first-order valence-corrected chi connectivity index (χ1v) is 8.62. The largest absolute Gasteiger partial charge is 0.462 e. The maximum atomic E-state index is 12.8. The summed E-state index contributed by atoms with van der Waals surface area (Å²) < 4.78 is 8.03. The Morgan fingerprint density at radius 1 is 1.26 bits per heavy atom. The summed E-state index contributed by atoms with van der Waals surface area (Å²) in [6, 6.07) is 9.11. The maximum absolute atomic E-state index is 12.8. The first-order chi connectivity index (χ1) is 12.9. The standard InChI is InChI=1S/C18H18ClN5O3/c1-4-27-18(26)13-10-20-24(12-8-6-5-7-9-12)16(13)21-17(25)15-14(19)11(2)23(3)22-15/h5-10H,4H2,1-3H3,(H,21,25). The number of para-hydroxylation sites is 1. The zero-order chi connectivity index (χ0) is 19.6. The van der Waals surface area contributed by atoms with E-state index in [0.29, 0.717) is 11.4 Å². The minimum atomic E-state index is -0.585. The summed E-state index contributed by atoms with van der Waals surface area (Å²) in [5.41, 5.74) is 1.53. The zero-order valence-electron chi connectivity index (χ0n) is 15.1. The number of aromatic nitrogens is 4. The van der Waals surface area contributed by atoms with Crippen molar-refractivity contribution in [1.82, 2.24) is 19.6 Å². The third-order valence-electron chi connectivity index (χ3n) is 3.97. The SMILES string of the molecule is CCOC(=O)c1cnn(-c2ccccc2)c1NC(=O)c1nn(C)c(C)c1Cl. The Balaban J connectivity index is 2.04. The van der Waals surface area contributed by atoms with Crippen LogP contribution >= 0.6 is 11.6 Å². The van der Waals surface area contributed by atoms with Gasteiger partial charge in [-0.2, -0.15) is 10.2 Å². The summed E-state index contributed by atoms with van der Waals surface area (Å²) in [4.78, 5) is 25.0. The highest BCUT2D eigenvalue weighted by atomic mass is 35.5. The molecule has 27 heavy (non-hydrogen) atoms. The maximum Gasteiger partial charge on any atom is 0.343 e. The molecule has 3 rings (SSSR count). The molecule has 0 unspecified atom stereocenters. The topological polar surface area (TPSA) is 91.0 Å². The van der Waals surface area contributed by atoms with Crippen molar-refractivity contribution in [3.63, 3.8) is 0 Å². The number of nitrogens with one attached hydrogen (secondary N) is 1. The Bertz CT molecular complexity index is 994. The van der Waals surface area contributed by atoms with Crippen molar-refractivity contribution in [2.75, 3.05) is 11.9 Å². The van der Waals surface area contributed by atoms with E-state index in [9.17, 15) is 9.59 Å². The van der Waals surface area contributed by atoms with Gasteiger partial charge in [0.15, 0.2) is 11.5 Å². The molecule has 0 saturated carbocycles.